The summed E-state index contributed by atoms with van der Waals surface area (Å²) in [5.41, 5.74) is -0.642. The van der Waals surface area contributed by atoms with Crippen LogP contribution in [0.2, 0.25) is 0 Å². The molecule has 0 aromatic rings. The van der Waals surface area contributed by atoms with Gasteiger partial charge in [-0.15, -0.1) is 0 Å². The van der Waals surface area contributed by atoms with Gasteiger partial charge in [-0.2, -0.15) is 0 Å². The Morgan fingerprint density at radius 3 is 2.78 bits per heavy atom. The fourth-order valence-corrected chi connectivity index (χ4v) is 0.750. The number of alkyl halides is 1. The summed E-state index contributed by atoms with van der Waals surface area (Å²) >= 11 is 16.3. The van der Waals surface area contributed by atoms with E-state index in [0.717, 1.165) is 4.42 Å². The summed E-state index contributed by atoms with van der Waals surface area (Å²) in [5.74, 6) is 0. The van der Waals surface area contributed by atoms with Gasteiger partial charge in [0, 0.05) is 11.8 Å². The maximum Gasteiger partial charge on any atom is 0.222 e. The van der Waals surface area contributed by atoms with E-state index in [0.29, 0.717) is 0 Å². The molecular weight excluding hydrogens is 184 g/mol. The summed E-state index contributed by atoms with van der Waals surface area (Å²) in [6, 6.07) is 0. The number of amidine groups is 1. The molecule has 1 unspecified atom stereocenters. The van der Waals surface area contributed by atoms with E-state index < -0.39 is 5.62 Å². The molecule has 0 aromatic carbocycles. The van der Waals surface area contributed by atoms with Gasteiger partial charge in [-0.25, -0.2) is 14.4 Å². The quantitative estimate of drug-likeness (QED) is 0.321. The standard InChI is InChI=1S/C3H2Cl3N3/c4-2-7-1-9(6)3(5)8-2/h1,3H. The molecule has 9 heavy (non-hydrogen) atoms. The molecule has 1 atom stereocenters. The first-order chi connectivity index (χ1) is 4.20. The van der Waals surface area contributed by atoms with Gasteiger partial charge in [0.25, 0.3) is 0 Å². The fourth-order valence-electron chi connectivity index (χ4n) is 0.334. The zero-order chi connectivity index (χ0) is 6.85. The van der Waals surface area contributed by atoms with Crippen LogP contribution in [-0.2, 0) is 0 Å². The monoisotopic (exact) mass is 185 g/mol. The van der Waals surface area contributed by atoms with Crippen molar-refractivity contribution >= 4 is 46.6 Å². The maximum absolute atomic E-state index is 5.49. The highest BCUT2D eigenvalue weighted by Gasteiger charge is 2.12. The van der Waals surface area contributed by atoms with Crippen molar-refractivity contribution in [3.8, 4) is 0 Å². The van der Waals surface area contributed by atoms with Crippen LogP contribution in [0, 0.1) is 0 Å². The van der Waals surface area contributed by atoms with E-state index in [-0.39, 0.29) is 5.29 Å². The predicted octanol–water partition coefficient (Wildman–Crippen LogP) is 1.60. The largest absolute Gasteiger partial charge is 0.237 e. The highest BCUT2D eigenvalue weighted by Crippen LogP contribution is 2.12. The average Bonchev–Trinajstić information content (AvgIpc) is 1.80. The lowest BCUT2D eigenvalue weighted by atomic mass is 10.9. The minimum absolute atomic E-state index is 0.118. The van der Waals surface area contributed by atoms with E-state index >= 15 is 0 Å². The average molecular weight is 186 g/mol. The minimum atomic E-state index is -0.642. The van der Waals surface area contributed by atoms with E-state index in [4.69, 9.17) is 35.0 Å². The summed E-state index contributed by atoms with van der Waals surface area (Å²) in [5, 5.41) is 0.118. The van der Waals surface area contributed by atoms with Gasteiger partial charge in [-0.05, 0) is 11.6 Å². The van der Waals surface area contributed by atoms with Gasteiger partial charge in [-0.1, -0.05) is 11.6 Å². The van der Waals surface area contributed by atoms with Gasteiger partial charge < -0.3 is 0 Å². The number of hydrogen-bond donors (Lipinski definition) is 0. The molecular formula is C3H2Cl3N3. The molecule has 50 valence electrons. The second-order valence-electron chi connectivity index (χ2n) is 1.30. The van der Waals surface area contributed by atoms with Gasteiger partial charge in [0.1, 0.15) is 6.34 Å². The zero-order valence-electron chi connectivity index (χ0n) is 4.13. The molecule has 0 radical (unpaired) electrons. The van der Waals surface area contributed by atoms with Crippen molar-refractivity contribution in [1.82, 2.24) is 4.42 Å². The molecule has 0 bridgehead atoms. The number of hydrogen-bond acceptors (Lipinski definition) is 3. The van der Waals surface area contributed by atoms with Gasteiger partial charge in [0.2, 0.25) is 10.9 Å². The molecule has 0 aliphatic carbocycles. The Morgan fingerprint density at radius 1 is 1.67 bits per heavy atom. The lowest BCUT2D eigenvalue weighted by molar-refractivity contribution is 0.625. The molecule has 0 saturated heterocycles. The highest BCUT2D eigenvalue weighted by molar-refractivity contribution is 6.66. The van der Waals surface area contributed by atoms with Crippen LogP contribution in [-0.4, -0.2) is 21.7 Å². The SMILES string of the molecule is ClC1=NC(Cl)N(Cl)C=N1. The Bertz CT molecular complexity index is 166. The first kappa shape index (κ1) is 7.12. The van der Waals surface area contributed by atoms with Crippen LogP contribution in [0.3, 0.4) is 0 Å². The van der Waals surface area contributed by atoms with Crippen LogP contribution < -0.4 is 0 Å². The fraction of sp³-hybridized carbons (Fsp3) is 0.333. The van der Waals surface area contributed by atoms with Gasteiger partial charge in [0.05, 0.1) is 0 Å². The third kappa shape index (κ3) is 1.71. The molecule has 0 N–H and O–H groups in total. The van der Waals surface area contributed by atoms with Crippen molar-refractivity contribution in [2.45, 2.75) is 5.62 Å². The first-order valence-corrected chi connectivity index (χ1v) is 3.21. The second kappa shape index (κ2) is 2.73. The van der Waals surface area contributed by atoms with Crippen molar-refractivity contribution in [3.63, 3.8) is 0 Å². The third-order valence-electron chi connectivity index (χ3n) is 0.691. The van der Waals surface area contributed by atoms with Crippen molar-refractivity contribution in [1.29, 1.82) is 0 Å². The number of aliphatic imine (C=N–C) groups is 2. The number of halogens is 3. The van der Waals surface area contributed by atoms with Crippen LogP contribution >= 0.6 is 35.0 Å². The lowest BCUT2D eigenvalue weighted by Crippen LogP contribution is -2.22. The van der Waals surface area contributed by atoms with Crippen molar-refractivity contribution in [2.75, 3.05) is 0 Å². The van der Waals surface area contributed by atoms with Gasteiger partial charge in [0.15, 0.2) is 0 Å². The Morgan fingerprint density at radius 2 is 2.33 bits per heavy atom. The molecule has 1 aliphatic rings. The normalized spacial score (nSPS) is 26.3. The van der Waals surface area contributed by atoms with Crippen molar-refractivity contribution < 1.29 is 0 Å². The summed E-state index contributed by atoms with van der Waals surface area (Å²) in [6.45, 7) is 0. The molecule has 1 aliphatic heterocycles. The van der Waals surface area contributed by atoms with E-state index in [1.807, 2.05) is 0 Å². The second-order valence-corrected chi connectivity index (χ2v) is 2.42. The summed E-state index contributed by atoms with van der Waals surface area (Å²) in [4.78, 5) is 7.17. The number of rotatable bonds is 0. The topological polar surface area (TPSA) is 28.0 Å². The van der Waals surface area contributed by atoms with E-state index in [9.17, 15) is 0 Å². The Hall–Kier alpha value is 0.01000. The third-order valence-corrected chi connectivity index (χ3v) is 1.57. The first-order valence-electron chi connectivity index (χ1n) is 2.06. The predicted molar refractivity (Wildman–Crippen MR) is 39.1 cm³/mol. The van der Waals surface area contributed by atoms with Crippen LogP contribution in [0.1, 0.15) is 0 Å². The molecule has 6 heteroatoms. The Kier molecular flexibility index (Phi) is 2.16. The van der Waals surface area contributed by atoms with E-state index in [2.05, 4.69) is 9.98 Å². The maximum atomic E-state index is 5.49. The summed E-state index contributed by atoms with van der Waals surface area (Å²) in [7, 11) is 0. The number of nitrogens with zero attached hydrogens (tertiary/aromatic N) is 3. The molecule has 0 amide bonds. The smallest absolute Gasteiger partial charge is 0.222 e. The van der Waals surface area contributed by atoms with Crippen LogP contribution in [0.15, 0.2) is 9.98 Å². The van der Waals surface area contributed by atoms with Crippen LogP contribution in [0.4, 0.5) is 0 Å². The summed E-state index contributed by atoms with van der Waals surface area (Å²) in [6.07, 6.45) is 1.30. The van der Waals surface area contributed by atoms with Crippen molar-refractivity contribution in [3.05, 3.63) is 0 Å². The summed E-state index contributed by atoms with van der Waals surface area (Å²) < 4.78 is 1.12. The Labute approximate surface area is 67.0 Å². The zero-order valence-corrected chi connectivity index (χ0v) is 6.40. The minimum Gasteiger partial charge on any atom is -0.237 e. The Balaban J connectivity index is 2.70. The van der Waals surface area contributed by atoms with Gasteiger partial charge in [-0.3, -0.25) is 0 Å². The van der Waals surface area contributed by atoms with Crippen LogP contribution in [0.5, 0.6) is 0 Å². The van der Waals surface area contributed by atoms with Gasteiger partial charge >= 0.3 is 0 Å². The van der Waals surface area contributed by atoms with E-state index in [1.165, 1.54) is 6.34 Å². The lowest BCUT2D eigenvalue weighted by Gasteiger charge is -2.15. The molecule has 0 fully saturated rings. The van der Waals surface area contributed by atoms with E-state index in [1.54, 1.807) is 0 Å². The molecule has 1 heterocycles. The molecule has 0 spiro atoms. The molecule has 3 nitrogen and oxygen atoms in total. The molecule has 1 rings (SSSR count). The van der Waals surface area contributed by atoms with Crippen molar-refractivity contribution in [2.24, 2.45) is 9.98 Å². The highest BCUT2D eigenvalue weighted by atomic mass is 35.5. The van der Waals surface area contributed by atoms with Crippen LogP contribution in [0.25, 0.3) is 0 Å². The molecule has 0 aromatic heterocycles. The molecule has 0 saturated carbocycles.